The van der Waals surface area contributed by atoms with E-state index in [1.807, 2.05) is 0 Å². The zero-order valence-electron chi connectivity index (χ0n) is 23.6. The molecule has 1 nitrogen and oxygen atoms in total. The third-order valence-electron chi connectivity index (χ3n) is 7.55. The largest absolute Gasteiger partial charge is 0.205 e. The predicted octanol–water partition coefficient (Wildman–Crippen LogP) is 10.9. The van der Waals surface area contributed by atoms with Crippen molar-refractivity contribution in [1.29, 1.82) is 0 Å². The number of pyridine rings is 1. The highest BCUT2D eigenvalue weighted by Gasteiger charge is 2.02. The molecule has 0 spiro atoms. The Morgan fingerprint density at radius 3 is 1.12 bits per heavy atom. The molecule has 0 unspecified atom stereocenters. The van der Waals surface area contributed by atoms with Crippen LogP contribution in [-0.4, -0.2) is 0 Å². The summed E-state index contributed by atoms with van der Waals surface area (Å²) >= 11 is 0. The number of hydrogen-bond acceptors (Lipinski definition) is 0. The molecular formula is C33H62N+. The van der Waals surface area contributed by atoms with E-state index in [4.69, 9.17) is 0 Å². The minimum atomic E-state index is 1.19. The van der Waals surface area contributed by atoms with Crippen molar-refractivity contribution in [2.24, 2.45) is 0 Å². The van der Waals surface area contributed by atoms with Gasteiger partial charge in [-0.1, -0.05) is 149 Å². The third-order valence-corrected chi connectivity index (χ3v) is 7.55. The highest BCUT2D eigenvalue weighted by molar-refractivity contribution is 5.07. The van der Waals surface area contributed by atoms with Crippen molar-refractivity contribution in [2.75, 3.05) is 0 Å². The first kappa shape index (κ1) is 31.2. The molecule has 0 radical (unpaired) electrons. The second-order valence-electron chi connectivity index (χ2n) is 11.0. The van der Waals surface area contributed by atoms with Gasteiger partial charge in [-0.25, -0.2) is 4.57 Å². The first-order chi connectivity index (χ1) is 16.9. The van der Waals surface area contributed by atoms with Crippen LogP contribution in [0.1, 0.15) is 174 Å². The van der Waals surface area contributed by atoms with Crippen molar-refractivity contribution >= 4 is 0 Å². The molecule has 1 aromatic rings. The third kappa shape index (κ3) is 20.5. The Morgan fingerprint density at radius 2 is 0.735 bits per heavy atom. The Morgan fingerprint density at radius 1 is 0.412 bits per heavy atom. The van der Waals surface area contributed by atoms with Gasteiger partial charge in [-0.2, -0.15) is 0 Å². The molecule has 1 rings (SSSR count). The molecule has 0 amide bonds. The fraction of sp³-hybridized carbons (Fsp3) is 0.848. The van der Waals surface area contributed by atoms with Crippen molar-refractivity contribution in [3.05, 3.63) is 30.1 Å². The van der Waals surface area contributed by atoms with Gasteiger partial charge in [0, 0.05) is 18.6 Å². The van der Waals surface area contributed by atoms with Crippen LogP contribution in [0, 0.1) is 0 Å². The summed E-state index contributed by atoms with van der Waals surface area (Å²) in [5.41, 5.74) is 1.52. The second-order valence-corrected chi connectivity index (χ2v) is 11.0. The molecule has 1 heteroatoms. The highest BCUT2D eigenvalue weighted by atomic mass is 14.9. The summed E-state index contributed by atoms with van der Waals surface area (Å²) in [7, 11) is 0. The van der Waals surface area contributed by atoms with Crippen LogP contribution in [0.4, 0.5) is 0 Å². The topological polar surface area (TPSA) is 3.88 Å². The van der Waals surface area contributed by atoms with E-state index in [9.17, 15) is 0 Å². The van der Waals surface area contributed by atoms with Crippen LogP contribution in [0.3, 0.4) is 0 Å². The molecule has 0 aliphatic carbocycles. The maximum atomic E-state index is 2.39. The van der Waals surface area contributed by atoms with Gasteiger partial charge < -0.3 is 0 Å². The zero-order chi connectivity index (χ0) is 24.4. The molecule has 0 aliphatic rings. The molecule has 0 fully saturated rings. The molecule has 1 aromatic heterocycles. The first-order valence-electron chi connectivity index (χ1n) is 15.8. The standard InChI is InChI=1S/C33H62N/c1-3-5-7-9-11-13-14-15-16-17-18-19-20-22-24-26-30-34-31-28-33(29-32-34)27-25-23-21-12-10-8-6-4-2/h28-29,31-32H,3-27,30H2,1-2H3/q+1. The summed E-state index contributed by atoms with van der Waals surface area (Å²) < 4.78 is 2.39. The Labute approximate surface area is 215 Å². The lowest BCUT2D eigenvalue weighted by molar-refractivity contribution is -0.697. The summed E-state index contributed by atoms with van der Waals surface area (Å²) in [6.07, 6.45) is 40.3. The molecule has 0 atom stereocenters. The van der Waals surface area contributed by atoms with Crippen LogP contribution in [0.15, 0.2) is 24.5 Å². The summed E-state index contributed by atoms with van der Waals surface area (Å²) in [6, 6.07) is 4.71. The van der Waals surface area contributed by atoms with Gasteiger partial charge in [0.25, 0.3) is 0 Å². The number of rotatable bonds is 26. The van der Waals surface area contributed by atoms with Crippen molar-refractivity contribution < 1.29 is 4.57 Å². The number of aryl methyl sites for hydroxylation is 2. The van der Waals surface area contributed by atoms with Gasteiger partial charge in [-0.3, -0.25) is 0 Å². The number of unbranched alkanes of at least 4 members (excludes halogenated alkanes) is 22. The number of aromatic nitrogens is 1. The maximum Gasteiger partial charge on any atom is 0.169 e. The molecule has 34 heavy (non-hydrogen) atoms. The van der Waals surface area contributed by atoms with Gasteiger partial charge >= 0.3 is 0 Å². The fourth-order valence-corrected chi connectivity index (χ4v) is 5.11. The summed E-state index contributed by atoms with van der Waals surface area (Å²) in [6.45, 7) is 5.79. The highest BCUT2D eigenvalue weighted by Crippen LogP contribution is 2.14. The van der Waals surface area contributed by atoms with Crippen molar-refractivity contribution in [3.8, 4) is 0 Å². The van der Waals surface area contributed by atoms with Gasteiger partial charge in [-0.05, 0) is 24.8 Å². The van der Waals surface area contributed by atoms with Crippen LogP contribution in [0.5, 0.6) is 0 Å². The van der Waals surface area contributed by atoms with E-state index in [1.54, 1.807) is 0 Å². The Hall–Kier alpha value is -0.850. The van der Waals surface area contributed by atoms with Crippen LogP contribution in [0.25, 0.3) is 0 Å². The van der Waals surface area contributed by atoms with Gasteiger partial charge in [0.15, 0.2) is 12.4 Å². The quantitative estimate of drug-likeness (QED) is 0.0932. The van der Waals surface area contributed by atoms with Gasteiger partial charge in [-0.15, -0.1) is 0 Å². The van der Waals surface area contributed by atoms with Crippen LogP contribution < -0.4 is 4.57 Å². The van der Waals surface area contributed by atoms with E-state index < -0.39 is 0 Å². The molecule has 0 saturated heterocycles. The molecular weight excluding hydrogens is 410 g/mol. The average Bonchev–Trinajstić information content (AvgIpc) is 2.86. The predicted molar refractivity (Wildman–Crippen MR) is 152 cm³/mol. The number of hydrogen-bond donors (Lipinski definition) is 0. The second kappa shape index (κ2) is 25.2. The van der Waals surface area contributed by atoms with Crippen molar-refractivity contribution in [1.82, 2.24) is 0 Å². The average molecular weight is 473 g/mol. The summed E-state index contributed by atoms with van der Waals surface area (Å²) in [4.78, 5) is 0. The van der Waals surface area contributed by atoms with Crippen LogP contribution >= 0.6 is 0 Å². The van der Waals surface area contributed by atoms with Crippen molar-refractivity contribution in [2.45, 2.75) is 181 Å². The van der Waals surface area contributed by atoms with Gasteiger partial charge in [0.1, 0.15) is 6.54 Å². The Bertz CT molecular complexity index is 506. The molecule has 1 heterocycles. The lowest BCUT2D eigenvalue weighted by atomic mass is 10.0. The summed E-state index contributed by atoms with van der Waals surface area (Å²) in [5.74, 6) is 0. The molecule has 0 aliphatic heterocycles. The van der Waals surface area contributed by atoms with Crippen LogP contribution in [-0.2, 0) is 13.0 Å². The van der Waals surface area contributed by atoms with E-state index in [2.05, 4.69) is 42.9 Å². The Kier molecular flexibility index (Phi) is 23.2. The number of nitrogens with zero attached hydrogens (tertiary/aromatic N) is 1. The van der Waals surface area contributed by atoms with E-state index in [0.29, 0.717) is 0 Å². The van der Waals surface area contributed by atoms with Crippen molar-refractivity contribution in [3.63, 3.8) is 0 Å². The van der Waals surface area contributed by atoms with E-state index in [1.165, 1.54) is 173 Å². The molecule has 198 valence electrons. The normalized spacial score (nSPS) is 11.4. The Balaban J connectivity index is 1.84. The minimum Gasteiger partial charge on any atom is -0.205 e. The summed E-state index contributed by atoms with van der Waals surface area (Å²) in [5, 5.41) is 0. The van der Waals surface area contributed by atoms with E-state index in [0.717, 1.165) is 0 Å². The fourth-order valence-electron chi connectivity index (χ4n) is 5.11. The lowest BCUT2D eigenvalue weighted by Crippen LogP contribution is -2.32. The minimum absolute atomic E-state index is 1.19. The molecule has 0 saturated carbocycles. The SMILES string of the molecule is CCCCCCCCCCCCCCCCCC[n+]1ccc(CCCCCCCCCC)cc1. The van der Waals surface area contributed by atoms with Gasteiger partial charge in [0.05, 0.1) is 0 Å². The molecule has 0 aromatic carbocycles. The van der Waals surface area contributed by atoms with Gasteiger partial charge in [0.2, 0.25) is 0 Å². The maximum absolute atomic E-state index is 2.39. The smallest absolute Gasteiger partial charge is 0.169 e. The van der Waals surface area contributed by atoms with E-state index >= 15 is 0 Å². The molecule has 0 bridgehead atoms. The molecule has 0 N–H and O–H groups in total. The van der Waals surface area contributed by atoms with E-state index in [-0.39, 0.29) is 0 Å². The lowest BCUT2D eigenvalue weighted by Gasteiger charge is -2.04. The monoisotopic (exact) mass is 472 g/mol. The zero-order valence-corrected chi connectivity index (χ0v) is 23.6. The van der Waals surface area contributed by atoms with Crippen LogP contribution in [0.2, 0.25) is 0 Å². The first-order valence-corrected chi connectivity index (χ1v) is 15.8.